The first-order valence-electron chi connectivity index (χ1n) is 13.7. The van der Waals surface area contributed by atoms with Gasteiger partial charge in [-0.3, -0.25) is 0 Å². The molecule has 0 radical (unpaired) electrons. The Balaban J connectivity index is 1.40. The molecule has 1 aliphatic rings. The van der Waals surface area contributed by atoms with Crippen molar-refractivity contribution in [3.8, 4) is 22.6 Å². The Morgan fingerprint density at radius 3 is 1.66 bits per heavy atom. The van der Waals surface area contributed by atoms with Crippen LogP contribution in [-0.2, 0) is 19.7 Å². The van der Waals surface area contributed by atoms with Gasteiger partial charge >= 0.3 is 5.97 Å². The highest BCUT2D eigenvalue weighted by Crippen LogP contribution is 2.56. The largest absolute Gasteiger partial charge is 0.494 e. The lowest BCUT2D eigenvalue weighted by molar-refractivity contribution is -0.142. The van der Waals surface area contributed by atoms with E-state index in [4.69, 9.17) is 35.7 Å². The maximum absolute atomic E-state index is 10.5. The lowest BCUT2D eigenvalue weighted by Crippen LogP contribution is -2.28. The number of carbonyl (C=O) groups is 1. The molecule has 212 valence electrons. The molecule has 7 heteroatoms. The van der Waals surface area contributed by atoms with E-state index in [0.717, 1.165) is 29.0 Å². The molecule has 0 bridgehead atoms. The van der Waals surface area contributed by atoms with E-state index in [0.29, 0.717) is 32.3 Å². The summed E-state index contributed by atoms with van der Waals surface area (Å²) in [6.45, 7) is 1.56. The molecule has 1 N–H and O–H groups in total. The molecule has 0 atom stereocenters. The lowest BCUT2D eigenvalue weighted by Gasteiger charge is -2.34. The van der Waals surface area contributed by atoms with E-state index in [-0.39, 0.29) is 13.2 Å². The molecular formula is C34H33ClO6. The summed E-state index contributed by atoms with van der Waals surface area (Å²) in [4.78, 5) is 10.5. The van der Waals surface area contributed by atoms with E-state index >= 15 is 0 Å². The normalized spacial score (nSPS) is 12.9. The highest BCUT2D eigenvalue weighted by Gasteiger charge is 2.45. The van der Waals surface area contributed by atoms with Crippen molar-refractivity contribution < 1.29 is 28.8 Å². The zero-order chi connectivity index (χ0) is 28.5. The molecule has 4 aromatic rings. The van der Waals surface area contributed by atoms with Crippen LogP contribution in [0.3, 0.4) is 0 Å². The third-order valence-corrected chi connectivity index (χ3v) is 7.43. The second-order valence-corrected chi connectivity index (χ2v) is 10.1. The van der Waals surface area contributed by atoms with E-state index in [2.05, 4.69) is 72.8 Å². The van der Waals surface area contributed by atoms with Gasteiger partial charge in [-0.2, -0.15) is 0 Å². The summed E-state index contributed by atoms with van der Waals surface area (Å²) in [5.41, 5.74) is 6.75. The summed E-state index contributed by atoms with van der Waals surface area (Å²) in [6.07, 6.45) is 0.801. The molecule has 0 saturated heterocycles. The van der Waals surface area contributed by atoms with Crippen LogP contribution in [0.2, 0.25) is 0 Å². The van der Waals surface area contributed by atoms with Crippen molar-refractivity contribution in [3.05, 3.63) is 119 Å². The second kappa shape index (κ2) is 13.7. The predicted octanol–water partition coefficient (Wildman–Crippen LogP) is 6.55. The monoisotopic (exact) mass is 572 g/mol. The van der Waals surface area contributed by atoms with E-state index in [9.17, 15) is 4.79 Å². The van der Waals surface area contributed by atoms with Crippen molar-refractivity contribution >= 4 is 17.6 Å². The van der Waals surface area contributed by atoms with Crippen LogP contribution in [0, 0.1) is 0 Å². The number of aliphatic carboxylic acids is 1. The molecule has 6 nitrogen and oxygen atoms in total. The first-order valence-corrected chi connectivity index (χ1v) is 14.3. The fraction of sp³-hybridized carbons (Fsp3) is 0.265. The molecule has 5 rings (SSSR count). The van der Waals surface area contributed by atoms with Gasteiger partial charge in [0.15, 0.2) is 0 Å². The SMILES string of the molecule is O=C(O)COCCOCCOc1ccc(C2(c3ccc(OCCCCl)cc3)c3ccccc3-c3ccccc32)cc1. The van der Waals surface area contributed by atoms with Crippen LogP contribution >= 0.6 is 11.6 Å². The Morgan fingerprint density at radius 1 is 0.634 bits per heavy atom. The number of fused-ring (bicyclic) bond motifs is 3. The fourth-order valence-electron chi connectivity index (χ4n) is 5.47. The van der Waals surface area contributed by atoms with Crippen molar-refractivity contribution in [2.45, 2.75) is 11.8 Å². The van der Waals surface area contributed by atoms with E-state index < -0.39 is 11.4 Å². The third kappa shape index (κ3) is 6.25. The Hall–Kier alpha value is -3.84. The summed E-state index contributed by atoms with van der Waals surface area (Å²) in [5, 5.41) is 8.60. The smallest absolute Gasteiger partial charge is 0.329 e. The number of halogens is 1. The molecule has 0 heterocycles. The zero-order valence-corrected chi connectivity index (χ0v) is 23.5. The van der Waals surface area contributed by atoms with Gasteiger partial charge < -0.3 is 24.1 Å². The summed E-state index contributed by atoms with van der Waals surface area (Å²) < 4.78 is 22.3. The van der Waals surface area contributed by atoms with Gasteiger partial charge in [0.2, 0.25) is 0 Å². The van der Waals surface area contributed by atoms with Crippen molar-refractivity contribution in [2.75, 3.05) is 45.5 Å². The molecule has 0 aromatic heterocycles. The number of hydrogen-bond acceptors (Lipinski definition) is 5. The van der Waals surface area contributed by atoms with Crippen LogP contribution in [0.1, 0.15) is 28.7 Å². The Kier molecular flexibility index (Phi) is 9.57. The average molecular weight is 573 g/mol. The summed E-state index contributed by atoms with van der Waals surface area (Å²) >= 11 is 5.82. The minimum absolute atomic E-state index is 0.229. The number of carboxylic acid groups (broad SMARTS) is 1. The van der Waals surface area contributed by atoms with Gasteiger partial charge in [-0.15, -0.1) is 11.6 Å². The topological polar surface area (TPSA) is 74.2 Å². The third-order valence-electron chi connectivity index (χ3n) is 7.17. The predicted molar refractivity (Wildman–Crippen MR) is 159 cm³/mol. The van der Waals surface area contributed by atoms with Crippen molar-refractivity contribution in [2.24, 2.45) is 0 Å². The van der Waals surface area contributed by atoms with Gasteiger partial charge in [-0.25, -0.2) is 4.79 Å². The first kappa shape index (κ1) is 28.7. The molecule has 4 aromatic carbocycles. The van der Waals surface area contributed by atoms with Gasteiger partial charge in [0.05, 0.1) is 31.8 Å². The fourth-order valence-corrected chi connectivity index (χ4v) is 5.58. The van der Waals surface area contributed by atoms with Gasteiger partial charge in [-0.05, 0) is 64.1 Å². The lowest BCUT2D eigenvalue weighted by atomic mass is 9.68. The van der Waals surface area contributed by atoms with Crippen molar-refractivity contribution in [3.63, 3.8) is 0 Å². The van der Waals surface area contributed by atoms with E-state index in [1.54, 1.807) is 0 Å². The van der Waals surface area contributed by atoms with Gasteiger partial charge in [0.1, 0.15) is 24.7 Å². The Morgan fingerprint density at radius 2 is 1.12 bits per heavy atom. The quantitative estimate of drug-likeness (QED) is 0.113. The number of benzene rings is 4. The molecule has 0 unspecified atom stereocenters. The van der Waals surface area contributed by atoms with Crippen LogP contribution in [0.4, 0.5) is 0 Å². The molecule has 0 fully saturated rings. The highest BCUT2D eigenvalue weighted by atomic mass is 35.5. The highest BCUT2D eigenvalue weighted by molar-refractivity contribution is 6.17. The van der Waals surface area contributed by atoms with Crippen LogP contribution in [0.5, 0.6) is 11.5 Å². The van der Waals surface area contributed by atoms with Crippen LogP contribution in [0.25, 0.3) is 11.1 Å². The zero-order valence-electron chi connectivity index (χ0n) is 22.8. The maximum Gasteiger partial charge on any atom is 0.329 e. The first-order chi connectivity index (χ1) is 20.1. The van der Waals surface area contributed by atoms with Gasteiger partial charge in [-0.1, -0.05) is 72.8 Å². The van der Waals surface area contributed by atoms with Gasteiger partial charge in [0, 0.05) is 5.88 Å². The number of hydrogen-bond donors (Lipinski definition) is 1. The molecule has 0 amide bonds. The number of rotatable bonds is 15. The van der Waals surface area contributed by atoms with Crippen LogP contribution < -0.4 is 9.47 Å². The minimum atomic E-state index is -0.993. The Labute approximate surface area is 245 Å². The standard InChI is InChI=1S/C34H33ClO6/c35-18-5-19-40-27-14-10-25(11-15-27)34(31-8-3-1-6-29(31)30-7-2-4-9-32(30)34)26-12-16-28(17-13-26)41-23-22-38-20-21-39-24-33(36)37/h1-4,6-17H,5,18-24H2,(H,36,37). The molecule has 0 spiro atoms. The number of carboxylic acids is 1. The molecule has 0 saturated carbocycles. The Bertz CT molecular complexity index is 1390. The summed E-state index contributed by atoms with van der Waals surface area (Å²) in [6, 6.07) is 33.9. The molecular weight excluding hydrogens is 540 g/mol. The minimum Gasteiger partial charge on any atom is -0.494 e. The van der Waals surface area contributed by atoms with E-state index in [1.165, 1.54) is 22.3 Å². The molecule has 1 aliphatic carbocycles. The molecule has 41 heavy (non-hydrogen) atoms. The van der Waals surface area contributed by atoms with Gasteiger partial charge in [0.25, 0.3) is 0 Å². The maximum atomic E-state index is 10.5. The average Bonchev–Trinajstić information content (AvgIpc) is 3.30. The second-order valence-electron chi connectivity index (χ2n) is 9.69. The van der Waals surface area contributed by atoms with Crippen LogP contribution in [0.15, 0.2) is 97.1 Å². The summed E-state index contributed by atoms with van der Waals surface area (Å²) in [7, 11) is 0. The summed E-state index contributed by atoms with van der Waals surface area (Å²) in [5.74, 6) is 1.16. The van der Waals surface area contributed by atoms with Crippen molar-refractivity contribution in [1.82, 2.24) is 0 Å². The number of alkyl halides is 1. The van der Waals surface area contributed by atoms with Crippen molar-refractivity contribution in [1.29, 1.82) is 0 Å². The van der Waals surface area contributed by atoms with Crippen LogP contribution in [-0.4, -0.2) is 56.6 Å². The number of ether oxygens (including phenoxy) is 4. The molecule has 0 aliphatic heterocycles. The van der Waals surface area contributed by atoms with E-state index in [1.807, 2.05) is 24.3 Å².